The van der Waals surface area contributed by atoms with E-state index in [1.54, 1.807) is 0 Å². The van der Waals surface area contributed by atoms with Crippen LogP contribution in [0.2, 0.25) is 0 Å². The Hall–Kier alpha value is -0.310. The summed E-state index contributed by atoms with van der Waals surface area (Å²) in [5, 5.41) is 4.28. The molecule has 0 saturated heterocycles. The number of aryl methyl sites for hydroxylation is 2. The van der Waals surface area contributed by atoms with Gasteiger partial charge in [-0.2, -0.15) is 5.10 Å². The molecule has 1 atom stereocenters. The lowest BCUT2D eigenvalue weighted by atomic mass is 10.1. The predicted molar refractivity (Wildman–Crippen MR) is 66.3 cm³/mol. The SMILES string of the molecule is CCn1cc(CCCC(Br)C2CC2)cn1. The highest BCUT2D eigenvalue weighted by molar-refractivity contribution is 9.09. The highest BCUT2D eigenvalue weighted by Crippen LogP contribution is 2.38. The van der Waals surface area contributed by atoms with Crippen LogP contribution in [0.1, 0.15) is 38.2 Å². The van der Waals surface area contributed by atoms with Gasteiger partial charge in [-0.15, -0.1) is 0 Å². The number of hydrogen-bond acceptors (Lipinski definition) is 1. The first-order chi connectivity index (χ1) is 7.29. The van der Waals surface area contributed by atoms with Gasteiger partial charge in [0.1, 0.15) is 0 Å². The summed E-state index contributed by atoms with van der Waals surface area (Å²) in [6.45, 7) is 3.10. The Morgan fingerprint density at radius 1 is 1.60 bits per heavy atom. The first-order valence-electron chi connectivity index (χ1n) is 5.95. The minimum absolute atomic E-state index is 0.763. The average Bonchev–Trinajstić information content (AvgIpc) is 2.99. The highest BCUT2D eigenvalue weighted by Gasteiger charge is 2.28. The molecule has 0 bridgehead atoms. The lowest BCUT2D eigenvalue weighted by molar-refractivity contribution is 0.648. The van der Waals surface area contributed by atoms with E-state index in [0.717, 1.165) is 17.3 Å². The number of aromatic nitrogens is 2. The maximum atomic E-state index is 4.28. The van der Waals surface area contributed by atoms with Crippen LogP contribution in [0.5, 0.6) is 0 Å². The van der Waals surface area contributed by atoms with Gasteiger partial charge in [-0.25, -0.2) is 0 Å². The minimum atomic E-state index is 0.763. The van der Waals surface area contributed by atoms with E-state index >= 15 is 0 Å². The summed E-state index contributed by atoms with van der Waals surface area (Å²) in [6, 6.07) is 0. The minimum Gasteiger partial charge on any atom is -0.273 e. The van der Waals surface area contributed by atoms with E-state index in [-0.39, 0.29) is 0 Å². The topological polar surface area (TPSA) is 17.8 Å². The van der Waals surface area contributed by atoms with Crippen molar-refractivity contribution < 1.29 is 0 Å². The average molecular weight is 271 g/mol. The maximum Gasteiger partial charge on any atom is 0.0521 e. The molecule has 0 N–H and O–H groups in total. The lowest BCUT2D eigenvalue weighted by Gasteiger charge is -2.06. The van der Waals surface area contributed by atoms with Gasteiger partial charge in [0, 0.05) is 17.6 Å². The lowest BCUT2D eigenvalue weighted by Crippen LogP contribution is -2.00. The molecule has 1 fully saturated rings. The Balaban J connectivity index is 1.68. The molecule has 1 saturated carbocycles. The van der Waals surface area contributed by atoms with Gasteiger partial charge in [0.05, 0.1) is 6.20 Å². The normalized spacial score (nSPS) is 18.0. The third-order valence-electron chi connectivity index (χ3n) is 3.09. The van der Waals surface area contributed by atoms with Crippen LogP contribution in [0.25, 0.3) is 0 Å². The fourth-order valence-corrected chi connectivity index (χ4v) is 2.76. The number of hydrogen-bond donors (Lipinski definition) is 0. The molecule has 1 aliphatic rings. The Bertz CT molecular complexity index is 304. The number of alkyl halides is 1. The second kappa shape index (κ2) is 5.15. The van der Waals surface area contributed by atoms with Gasteiger partial charge in [-0.3, -0.25) is 4.68 Å². The molecule has 1 aromatic rings. The van der Waals surface area contributed by atoms with Crippen LogP contribution in [0.15, 0.2) is 12.4 Å². The van der Waals surface area contributed by atoms with Crippen molar-refractivity contribution >= 4 is 15.9 Å². The smallest absolute Gasteiger partial charge is 0.0521 e. The van der Waals surface area contributed by atoms with E-state index in [9.17, 15) is 0 Å². The molecule has 1 aliphatic carbocycles. The molecule has 0 amide bonds. The van der Waals surface area contributed by atoms with E-state index < -0.39 is 0 Å². The fourth-order valence-electron chi connectivity index (χ4n) is 1.90. The molecule has 1 aromatic heterocycles. The third kappa shape index (κ3) is 3.33. The fraction of sp³-hybridized carbons (Fsp3) is 0.750. The summed E-state index contributed by atoms with van der Waals surface area (Å²) in [7, 11) is 0. The Labute approximate surface area is 100 Å². The number of rotatable bonds is 6. The summed E-state index contributed by atoms with van der Waals surface area (Å²) in [5.41, 5.74) is 1.38. The van der Waals surface area contributed by atoms with Crippen LogP contribution >= 0.6 is 15.9 Å². The summed E-state index contributed by atoms with van der Waals surface area (Å²) < 4.78 is 2.00. The van der Waals surface area contributed by atoms with Crippen molar-refractivity contribution in [3.05, 3.63) is 18.0 Å². The van der Waals surface area contributed by atoms with Crippen LogP contribution in [0, 0.1) is 5.92 Å². The van der Waals surface area contributed by atoms with Gasteiger partial charge in [-0.1, -0.05) is 15.9 Å². The molecule has 0 aliphatic heterocycles. The maximum absolute atomic E-state index is 4.28. The zero-order valence-electron chi connectivity index (χ0n) is 9.32. The van der Waals surface area contributed by atoms with Crippen molar-refractivity contribution in [2.45, 2.75) is 50.4 Å². The van der Waals surface area contributed by atoms with Crippen LogP contribution in [-0.4, -0.2) is 14.6 Å². The van der Waals surface area contributed by atoms with Crippen LogP contribution in [0.3, 0.4) is 0 Å². The van der Waals surface area contributed by atoms with Gasteiger partial charge in [0.15, 0.2) is 0 Å². The quantitative estimate of drug-likeness (QED) is 0.725. The molecule has 15 heavy (non-hydrogen) atoms. The third-order valence-corrected chi connectivity index (χ3v) is 4.30. The molecule has 1 heterocycles. The zero-order chi connectivity index (χ0) is 10.7. The van der Waals surface area contributed by atoms with Gasteiger partial charge in [-0.05, 0) is 50.5 Å². The second-order valence-electron chi connectivity index (χ2n) is 4.45. The zero-order valence-corrected chi connectivity index (χ0v) is 10.9. The Morgan fingerprint density at radius 3 is 3.00 bits per heavy atom. The van der Waals surface area contributed by atoms with E-state index in [4.69, 9.17) is 0 Å². The molecule has 0 spiro atoms. The van der Waals surface area contributed by atoms with Crippen molar-refractivity contribution in [1.29, 1.82) is 0 Å². The van der Waals surface area contributed by atoms with E-state index in [1.807, 2.05) is 10.9 Å². The van der Waals surface area contributed by atoms with Crippen molar-refractivity contribution in [2.24, 2.45) is 5.92 Å². The molecular formula is C12H19BrN2. The van der Waals surface area contributed by atoms with Crippen LogP contribution in [0.4, 0.5) is 0 Å². The summed E-state index contributed by atoms with van der Waals surface area (Å²) in [4.78, 5) is 0.763. The summed E-state index contributed by atoms with van der Waals surface area (Å²) in [5.74, 6) is 0.975. The van der Waals surface area contributed by atoms with Gasteiger partial charge >= 0.3 is 0 Å². The molecule has 3 heteroatoms. The van der Waals surface area contributed by atoms with E-state index in [2.05, 4.69) is 34.1 Å². The van der Waals surface area contributed by atoms with Crippen molar-refractivity contribution in [3.8, 4) is 0 Å². The van der Waals surface area contributed by atoms with E-state index in [0.29, 0.717) is 0 Å². The molecular weight excluding hydrogens is 252 g/mol. The molecule has 0 aromatic carbocycles. The molecule has 0 radical (unpaired) electrons. The Morgan fingerprint density at radius 2 is 2.40 bits per heavy atom. The predicted octanol–water partition coefficient (Wildman–Crippen LogP) is 3.40. The van der Waals surface area contributed by atoms with Crippen LogP contribution < -0.4 is 0 Å². The summed E-state index contributed by atoms with van der Waals surface area (Å²) >= 11 is 3.78. The first kappa shape index (κ1) is 11.2. The van der Waals surface area contributed by atoms with E-state index in [1.165, 1.54) is 37.7 Å². The monoisotopic (exact) mass is 270 g/mol. The largest absolute Gasteiger partial charge is 0.273 e. The molecule has 1 unspecified atom stereocenters. The van der Waals surface area contributed by atoms with Gasteiger partial charge in [0.25, 0.3) is 0 Å². The second-order valence-corrected chi connectivity index (χ2v) is 5.63. The molecule has 2 rings (SSSR count). The standard InChI is InChI=1S/C12H19BrN2/c1-2-15-9-10(8-14-15)4-3-5-12(13)11-6-7-11/h8-9,11-12H,2-7H2,1H3. The molecule has 84 valence electrons. The van der Waals surface area contributed by atoms with Crippen molar-refractivity contribution in [3.63, 3.8) is 0 Å². The first-order valence-corrected chi connectivity index (χ1v) is 6.86. The number of halogens is 1. The Kier molecular flexibility index (Phi) is 3.84. The number of nitrogens with zero attached hydrogens (tertiary/aromatic N) is 2. The summed E-state index contributed by atoms with van der Waals surface area (Å²) in [6.07, 6.45) is 10.8. The van der Waals surface area contributed by atoms with Gasteiger partial charge in [0.2, 0.25) is 0 Å². The van der Waals surface area contributed by atoms with Crippen molar-refractivity contribution in [2.75, 3.05) is 0 Å². The highest BCUT2D eigenvalue weighted by atomic mass is 79.9. The van der Waals surface area contributed by atoms with Gasteiger partial charge < -0.3 is 0 Å². The van der Waals surface area contributed by atoms with Crippen molar-refractivity contribution in [1.82, 2.24) is 9.78 Å². The van der Waals surface area contributed by atoms with Crippen LogP contribution in [-0.2, 0) is 13.0 Å². The molecule has 2 nitrogen and oxygen atoms in total.